The molecule has 0 saturated carbocycles. The molecule has 0 saturated heterocycles. The van der Waals surface area contributed by atoms with Crippen molar-refractivity contribution in [3.63, 3.8) is 0 Å². The number of aliphatic carboxylic acids is 1. The Morgan fingerprint density at radius 2 is 1.84 bits per heavy atom. The summed E-state index contributed by atoms with van der Waals surface area (Å²) in [6, 6.07) is 6.01. The largest absolute Gasteiger partial charge is 0.481 e. The number of fused-ring (bicyclic) bond motifs is 1. The Bertz CT molecular complexity index is 645. The standard InChI is InChI=1S/C16H19NO2/c1-9(2)14-7-12(8-16(18)19)13-5-10(3)11(4)6-15(13)17-14/h5-7,9H,8H2,1-4H3,(H,18,19). The second kappa shape index (κ2) is 5.00. The number of aryl methyl sites for hydroxylation is 2. The van der Waals surface area contributed by atoms with E-state index in [4.69, 9.17) is 5.11 Å². The second-order valence-corrected chi connectivity index (χ2v) is 5.39. The molecule has 19 heavy (non-hydrogen) atoms. The van der Waals surface area contributed by atoms with Gasteiger partial charge in [0.05, 0.1) is 11.9 Å². The Hall–Kier alpha value is -1.90. The number of nitrogens with zero attached hydrogens (tertiary/aromatic N) is 1. The van der Waals surface area contributed by atoms with Crippen molar-refractivity contribution in [1.29, 1.82) is 0 Å². The van der Waals surface area contributed by atoms with Crippen molar-refractivity contribution in [3.8, 4) is 0 Å². The summed E-state index contributed by atoms with van der Waals surface area (Å²) >= 11 is 0. The Balaban J connectivity index is 2.74. The molecular weight excluding hydrogens is 238 g/mol. The van der Waals surface area contributed by atoms with Gasteiger partial charge in [-0.2, -0.15) is 0 Å². The molecule has 0 spiro atoms. The van der Waals surface area contributed by atoms with Crippen LogP contribution in [-0.4, -0.2) is 16.1 Å². The summed E-state index contributed by atoms with van der Waals surface area (Å²) in [5.74, 6) is -0.515. The lowest BCUT2D eigenvalue weighted by Crippen LogP contribution is -2.04. The first-order valence-corrected chi connectivity index (χ1v) is 6.51. The summed E-state index contributed by atoms with van der Waals surface area (Å²) in [5.41, 5.74) is 5.04. The minimum atomic E-state index is -0.805. The molecule has 1 aromatic heterocycles. The number of hydrogen-bond donors (Lipinski definition) is 1. The summed E-state index contributed by atoms with van der Waals surface area (Å²) in [6.07, 6.45) is 0.0429. The third-order valence-electron chi connectivity index (χ3n) is 3.46. The van der Waals surface area contributed by atoms with E-state index in [1.165, 1.54) is 11.1 Å². The fraction of sp³-hybridized carbons (Fsp3) is 0.375. The molecule has 0 unspecified atom stereocenters. The Kier molecular flexibility index (Phi) is 3.56. The number of aromatic nitrogens is 1. The SMILES string of the molecule is Cc1cc2nc(C(C)C)cc(CC(=O)O)c2cc1C. The third kappa shape index (κ3) is 2.75. The van der Waals surface area contributed by atoms with Crippen molar-refractivity contribution >= 4 is 16.9 Å². The van der Waals surface area contributed by atoms with Crippen LogP contribution in [0.1, 0.15) is 42.1 Å². The number of benzene rings is 1. The van der Waals surface area contributed by atoms with Gasteiger partial charge >= 0.3 is 5.97 Å². The number of hydrogen-bond acceptors (Lipinski definition) is 2. The van der Waals surface area contributed by atoms with Crippen molar-refractivity contribution in [1.82, 2.24) is 4.98 Å². The zero-order valence-electron chi connectivity index (χ0n) is 11.8. The molecule has 0 radical (unpaired) electrons. The van der Waals surface area contributed by atoms with Crippen LogP contribution in [0.15, 0.2) is 18.2 Å². The summed E-state index contributed by atoms with van der Waals surface area (Å²) < 4.78 is 0. The Morgan fingerprint density at radius 3 is 2.42 bits per heavy atom. The molecule has 1 heterocycles. The molecule has 3 heteroatoms. The minimum Gasteiger partial charge on any atom is -0.481 e. The molecule has 0 aliphatic carbocycles. The van der Waals surface area contributed by atoms with Crippen molar-refractivity contribution in [3.05, 3.63) is 40.6 Å². The van der Waals surface area contributed by atoms with E-state index in [2.05, 4.69) is 25.8 Å². The van der Waals surface area contributed by atoms with Crippen molar-refractivity contribution in [2.24, 2.45) is 0 Å². The maximum Gasteiger partial charge on any atom is 0.307 e. The van der Waals surface area contributed by atoms with Gasteiger partial charge in [0.1, 0.15) is 0 Å². The molecular formula is C16H19NO2. The highest BCUT2D eigenvalue weighted by molar-refractivity contribution is 5.87. The lowest BCUT2D eigenvalue weighted by molar-refractivity contribution is -0.136. The van der Waals surface area contributed by atoms with E-state index >= 15 is 0 Å². The maximum atomic E-state index is 11.0. The first-order valence-electron chi connectivity index (χ1n) is 6.51. The van der Waals surface area contributed by atoms with E-state index < -0.39 is 5.97 Å². The van der Waals surface area contributed by atoms with Gasteiger partial charge in [0.2, 0.25) is 0 Å². The van der Waals surface area contributed by atoms with Gasteiger partial charge < -0.3 is 5.11 Å². The van der Waals surface area contributed by atoms with Crippen LogP contribution in [0.25, 0.3) is 10.9 Å². The lowest BCUT2D eigenvalue weighted by Gasteiger charge is -2.12. The van der Waals surface area contributed by atoms with Gasteiger partial charge in [-0.25, -0.2) is 0 Å². The highest BCUT2D eigenvalue weighted by Gasteiger charge is 2.12. The second-order valence-electron chi connectivity index (χ2n) is 5.39. The van der Waals surface area contributed by atoms with E-state index in [9.17, 15) is 4.79 Å². The third-order valence-corrected chi connectivity index (χ3v) is 3.46. The Labute approximate surface area is 113 Å². The van der Waals surface area contributed by atoms with Gasteiger partial charge in [0.25, 0.3) is 0 Å². The van der Waals surface area contributed by atoms with Crippen LogP contribution in [0.3, 0.4) is 0 Å². The Morgan fingerprint density at radius 1 is 1.21 bits per heavy atom. The minimum absolute atomic E-state index is 0.0429. The maximum absolute atomic E-state index is 11.0. The summed E-state index contributed by atoms with van der Waals surface area (Å²) in [6.45, 7) is 8.23. The smallest absolute Gasteiger partial charge is 0.307 e. The van der Waals surface area contributed by atoms with Crippen LogP contribution < -0.4 is 0 Å². The van der Waals surface area contributed by atoms with Gasteiger partial charge in [-0.1, -0.05) is 13.8 Å². The van der Waals surface area contributed by atoms with Crippen LogP contribution in [-0.2, 0) is 11.2 Å². The van der Waals surface area contributed by atoms with E-state index in [0.717, 1.165) is 22.2 Å². The van der Waals surface area contributed by atoms with Crippen LogP contribution in [0.5, 0.6) is 0 Å². The van der Waals surface area contributed by atoms with E-state index in [1.807, 2.05) is 25.1 Å². The number of rotatable bonds is 3. The number of pyridine rings is 1. The van der Waals surface area contributed by atoms with Gasteiger partial charge in [0, 0.05) is 11.1 Å². The average molecular weight is 257 g/mol. The normalized spacial score (nSPS) is 11.2. The van der Waals surface area contributed by atoms with Gasteiger partial charge in [-0.3, -0.25) is 9.78 Å². The summed E-state index contributed by atoms with van der Waals surface area (Å²) in [4.78, 5) is 15.7. The van der Waals surface area contributed by atoms with E-state index in [0.29, 0.717) is 5.92 Å². The van der Waals surface area contributed by atoms with E-state index in [1.54, 1.807) is 0 Å². The van der Waals surface area contributed by atoms with Gasteiger partial charge in [-0.15, -0.1) is 0 Å². The van der Waals surface area contributed by atoms with Crippen molar-refractivity contribution in [2.75, 3.05) is 0 Å². The topological polar surface area (TPSA) is 50.2 Å². The summed E-state index contributed by atoms with van der Waals surface area (Å²) in [5, 5.41) is 10.0. The van der Waals surface area contributed by atoms with Crippen LogP contribution in [0, 0.1) is 13.8 Å². The lowest BCUT2D eigenvalue weighted by atomic mass is 9.98. The van der Waals surface area contributed by atoms with Crippen molar-refractivity contribution < 1.29 is 9.90 Å². The quantitative estimate of drug-likeness (QED) is 0.914. The molecule has 0 aliphatic rings. The zero-order chi connectivity index (χ0) is 14.2. The highest BCUT2D eigenvalue weighted by atomic mass is 16.4. The fourth-order valence-corrected chi connectivity index (χ4v) is 2.18. The average Bonchev–Trinajstić information content (AvgIpc) is 2.30. The molecule has 1 N–H and O–H groups in total. The molecule has 0 atom stereocenters. The first kappa shape index (κ1) is 13.5. The van der Waals surface area contributed by atoms with Gasteiger partial charge in [-0.05, 0) is 54.7 Å². The molecule has 0 aliphatic heterocycles. The molecule has 0 fully saturated rings. The van der Waals surface area contributed by atoms with Crippen LogP contribution in [0.4, 0.5) is 0 Å². The predicted octanol–water partition coefficient (Wildman–Crippen LogP) is 3.60. The van der Waals surface area contributed by atoms with Gasteiger partial charge in [0.15, 0.2) is 0 Å². The number of carbonyl (C=O) groups is 1. The zero-order valence-corrected chi connectivity index (χ0v) is 11.8. The predicted molar refractivity (Wildman–Crippen MR) is 76.6 cm³/mol. The summed E-state index contributed by atoms with van der Waals surface area (Å²) in [7, 11) is 0. The molecule has 2 aromatic rings. The molecule has 2 rings (SSSR count). The number of carboxylic acids is 1. The van der Waals surface area contributed by atoms with Crippen LogP contribution in [0.2, 0.25) is 0 Å². The molecule has 0 amide bonds. The van der Waals surface area contributed by atoms with Crippen molar-refractivity contribution in [2.45, 2.75) is 40.0 Å². The monoisotopic (exact) mass is 257 g/mol. The van der Waals surface area contributed by atoms with Crippen LogP contribution >= 0.6 is 0 Å². The molecule has 100 valence electrons. The number of carboxylic acid groups (broad SMARTS) is 1. The molecule has 3 nitrogen and oxygen atoms in total. The first-order chi connectivity index (χ1) is 8.88. The van der Waals surface area contributed by atoms with E-state index in [-0.39, 0.29) is 6.42 Å². The fourth-order valence-electron chi connectivity index (χ4n) is 2.18. The molecule has 0 bridgehead atoms. The highest BCUT2D eigenvalue weighted by Crippen LogP contribution is 2.25. The molecule has 1 aromatic carbocycles.